The van der Waals surface area contributed by atoms with Crippen LogP contribution in [0.15, 0.2) is 57.2 Å². The molecular weight excluding hydrogens is 416 g/mol. The molecule has 0 spiro atoms. The van der Waals surface area contributed by atoms with Gasteiger partial charge in [-0.25, -0.2) is 0 Å². The summed E-state index contributed by atoms with van der Waals surface area (Å²) in [6.07, 6.45) is 1.44. The molecule has 0 aliphatic rings. The Kier molecular flexibility index (Phi) is 6.95. The normalized spacial score (nSPS) is 12.5. The summed E-state index contributed by atoms with van der Waals surface area (Å²) in [6, 6.07) is 10.6. The van der Waals surface area contributed by atoms with Crippen LogP contribution in [0.1, 0.15) is 30.0 Å². The van der Waals surface area contributed by atoms with Gasteiger partial charge in [-0.15, -0.1) is 0 Å². The third-order valence-corrected chi connectivity index (χ3v) is 4.03. The molecule has 2 amide bonds. The fourth-order valence-corrected chi connectivity index (χ4v) is 2.52. The first-order valence-corrected chi connectivity index (χ1v) is 8.92. The lowest BCUT2D eigenvalue weighted by atomic mass is 10.0. The van der Waals surface area contributed by atoms with Crippen molar-refractivity contribution in [2.45, 2.75) is 19.9 Å². The molecular formula is C19H18BrN2O5-. The SMILES string of the molecule is CC(C)[C@H](NC(=O)/C(=C/c1ccccc1)NC(=O)c1ccc(Br)o1)C(=O)[O-]. The molecule has 0 aliphatic carbocycles. The number of rotatable bonds is 7. The molecule has 1 atom stereocenters. The third kappa shape index (κ3) is 5.82. The lowest BCUT2D eigenvalue weighted by molar-refractivity contribution is -0.309. The molecule has 8 heteroatoms. The predicted octanol–water partition coefficient (Wildman–Crippen LogP) is 1.70. The zero-order chi connectivity index (χ0) is 20.0. The standard InChI is InChI=1S/C19H19BrN2O5/c1-11(2)16(19(25)26)22-17(23)13(10-12-6-4-3-5-7-12)21-18(24)14-8-9-15(20)27-14/h3-11,16H,1-2H3,(H,21,24)(H,22,23)(H,25,26)/p-1/b13-10-/t16-/m0/s1. The Morgan fingerprint density at radius 2 is 1.78 bits per heavy atom. The van der Waals surface area contributed by atoms with E-state index >= 15 is 0 Å². The molecule has 1 aromatic heterocycles. The van der Waals surface area contributed by atoms with Crippen LogP contribution in [0.25, 0.3) is 6.08 Å². The van der Waals surface area contributed by atoms with E-state index in [-0.39, 0.29) is 11.5 Å². The van der Waals surface area contributed by atoms with Crippen LogP contribution in [-0.4, -0.2) is 23.8 Å². The summed E-state index contributed by atoms with van der Waals surface area (Å²) in [5.74, 6) is -3.20. The van der Waals surface area contributed by atoms with Gasteiger partial charge in [0, 0.05) is 0 Å². The smallest absolute Gasteiger partial charge is 0.291 e. The molecule has 0 unspecified atom stereocenters. The highest BCUT2D eigenvalue weighted by Gasteiger charge is 2.22. The van der Waals surface area contributed by atoms with Crippen LogP contribution in [0.4, 0.5) is 0 Å². The number of nitrogens with one attached hydrogen (secondary N) is 2. The van der Waals surface area contributed by atoms with E-state index in [9.17, 15) is 19.5 Å². The van der Waals surface area contributed by atoms with Crippen molar-refractivity contribution in [3.63, 3.8) is 0 Å². The summed E-state index contributed by atoms with van der Waals surface area (Å²) in [7, 11) is 0. The van der Waals surface area contributed by atoms with Crippen molar-refractivity contribution in [1.29, 1.82) is 0 Å². The van der Waals surface area contributed by atoms with E-state index in [0.29, 0.717) is 10.2 Å². The minimum atomic E-state index is -1.40. The molecule has 0 radical (unpaired) electrons. The second-order valence-corrected chi connectivity index (χ2v) is 6.82. The topological polar surface area (TPSA) is 111 Å². The fourth-order valence-electron chi connectivity index (χ4n) is 2.21. The van der Waals surface area contributed by atoms with Crippen LogP contribution in [0.5, 0.6) is 0 Å². The predicted molar refractivity (Wildman–Crippen MR) is 100 cm³/mol. The molecule has 7 nitrogen and oxygen atoms in total. The lowest BCUT2D eigenvalue weighted by Gasteiger charge is -2.24. The van der Waals surface area contributed by atoms with Crippen molar-refractivity contribution >= 4 is 39.8 Å². The van der Waals surface area contributed by atoms with Gasteiger partial charge in [0.2, 0.25) is 0 Å². The summed E-state index contributed by atoms with van der Waals surface area (Å²) >= 11 is 3.10. The van der Waals surface area contributed by atoms with Crippen LogP contribution in [0.2, 0.25) is 0 Å². The van der Waals surface area contributed by atoms with Gasteiger partial charge in [-0.05, 0) is 45.6 Å². The minimum Gasteiger partial charge on any atom is -0.548 e. The highest BCUT2D eigenvalue weighted by molar-refractivity contribution is 9.10. The number of carbonyl (C=O) groups is 3. The van der Waals surface area contributed by atoms with Crippen molar-refractivity contribution < 1.29 is 23.9 Å². The number of amides is 2. The monoisotopic (exact) mass is 433 g/mol. The third-order valence-electron chi connectivity index (χ3n) is 3.61. The molecule has 0 bridgehead atoms. The highest BCUT2D eigenvalue weighted by Crippen LogP contribution is 2.15. The Balaban J connectivity index is 2.29. The van der Waals surface area contributed by atoms with E-state index in [1.165, 1.54) is 12.1 Å². The molecule has 1 heterocycles. The Labute approximate surface area is 164 Å². The maximum atomic E-state index is 12.6. The first-order chi connectivity index (χ1) is 12.8. The number of hydrogen-bond donors (Lipinski definition) is 2. The zero-order valence-corrected chi connectivity index (χ0v) is 16.3. The maximum absolute atomic E-state index is 12.6. The van der Waals surface area contributed by atoms with Crippen LogP contribution < -0.4 is 15.7 Å². The maximum Gasteiger partial charge on any atom is 0.291 e. The molecule has 2 N–H and O–H groups in total. The van der Waals surface area contributed by atoms with Crippen molar-refractivity contribution in [3.8, 4) is 0 Å². The second kappa shape index (κ2) is 9.18. The molecule has 1 aromatic carbocycles. The Hall–Kier alpha value is -2.87. The Morgan fingerprint density at radius 1 is 1.11 bits per heavy atom. The summed E-state index contributed by atoms with van der Waals surface area (Å²) in [5, 5.41) is 16.1. The quantitative estimate of drug-likeness (QED) is 0.645. The summed E-state index contributed by atoms with van der Waals surface area (Å²) in [4.78, 5) is 36.2. The fraction of sp³-hybridized carbons (Fsp3) is 0.211. The summed E-state index contributed by atoms with van der Waals surface area (Å²) in [6.45, 7) is 3.28. The number of furan rings is 1. The van der Waals surface area contributed by atoms with Crippen molar-refractivity contribution in [1.82, 2.24) is 10.6 Å². The van der Waals surface area contributed by atoms with Gasteiger partial charge in [-0.2, -0.15) is 0 Å². The minimum absolute atomic E-state index is 0.00560. The van der Waals surface area contributed by atoms with Gasteiger partial charge in [0.15, 0.2) is 10.4 Å². The number of aliphatic carboxylic acids is 1. The van der Waals surface area contributed by atoms with Crippen LogP contribution in [-0.2, 0) is 9.59 Å². The molecule has 2 aromatic rings. The largest absolute Gasteiger partial charge is 0.548 e. The average molecular weight is 434 g/mol. The van der Waals surface area contributed by atoms with Crippen LogP contribution in [0.3, 0.4) is 0 Å². The zero-order valence-electron chi connectivity index (χ0n) is 14.7. The second-order valence-electron chi connectivity index (χ2n) is 6.04. The van der Waals surface area contributed by atoms with E-state index in [1.54, 1.807) is 50.2 Å². The van der Waals surface area contributed by atoms with Crippen LogP contribution >= 0.6 is 15.9 Å². The van der Waals surface area contributed by atoms with E-state index in [2.05, 4.69) is 26.6 Å². The van der Waals surface area contributed by atoms with Crippen molar-refractivity contribution in [2.24, 2.45) is 5.92 Å². The first kappa shape index (κ1) is 20.4. The van der Waals surface area contributed by atoms with E-state index < -0.39 is 29.7 Å². The van der Waals surface area contributed by atoms with E-state index in [1.807, 2.05) is 0 Å². The number of carboxylic acid groups (broad SMARTS) is 1. The Morgan fingerprint density at radius 3 is 2.30 bits per heavy atom. The van der Waals surface area contributed by atoms with Gasteiger partial charge >= 0.3 is 0 Å². The number of carbonyl (C=O) groups excluding carboxylic acids is 3. The molecule has 2 rings (SSSR count). The van der Waals surface area contributed by atoms with Gasteiger partial charge in [0.05, 0.1) is 12.0 Å². The van der Waals surface area contributed by atoms with Gasteiger partial charge < -0.3 is 25.0 Å². The molecule has 27 heavy (non-hydrogen) atoms. The van der Waals surface area contributed by atoms with Crippen molar-refractivity contribution in [3.05, 3.63) is 64.2 Å². The number of hydrogen-bond acceptors (Lipinski definition) is 5. The van der Waals surface area contributed by atoms with E-state index in [0.717, 1.165) is 0 Å². The molecule has 0 saturated carbocycles. The summed E-state index contributed by atoms with van der Waals surface area (Å²) < 4.78 is 5.54. The van der Waals surface area contributed by atoms with Gasteiger partial charge in [-0.1, -0.05) is 44.2 Å². The molecule has 142 valence electrons. The number of benzene rings is 1. The number of carboxylic acids is 1. The van der Waals surface area contributed by atoms with Gasteiger partial charge in [-0.3, -0.25) is 9.59 Å². The molecule has 0 fully saturated rings. The summed E-state index contributed by atoms with van der Waals surface area (Å²) in [5.41, 5.74) is 0.531. The number of halogens is 1. The van der Waals surface area contributed by atoms with Gasteiger partial charge in [0.25, 0.3) is 11.8 Å². The van der Waals surface area contributed by atoms with Crippen LogP contribution in [0, 0.1) is 5.92 Å². The molecule has 0 aliphatic heterocycles. The highest BCUT2D eigenvalue weighted by atomic mass is 79.9. The molecule has 0 saturated heterocycles. The lowest BCUT2D eigenvalue weighted by Crippen LogP contribution is -2.52. The Bertz CT molecular complexity index is 858. The van der Waals surface area contributed by atoms with Gasteiger partial charge in [0.1, 0.15) is 5.70 Å². The first-order valence-electron chi connectivity index (χ1n) is 8.13. The van der Waals surface area contributed by atoms with Crippen molar-refractivity contribution in [2.75, 3.05) is 0 Å². The van der Waals surface area contributed by atoms with E-state index in [4.69, 9.17) is 4.42 Å². The average Bonchev–Trinajstić information content (AvgIpc) is 3.05.